The second-order valence-electron chi connectivity index (χ2n) is 3.53. The highest BCUT2D eigenvalue weighted by Crippen LogP contribution is 2.15. The van der Waals surface area contributed by atoms with Gasteiger partial charge in [0.15, 0.2) is 0 Å². The minimum atomic E-state index is 0.754. The minimum absolute atomic E-state index is 0.754. The molecule has 0 bridgehead atoms. The molecule has 0 aromatic heterocycles. The van der Waals surface area contributed by atoms with Gasteiger partial charge in [-0.15, -0.1) is 0 Å². The Kier molecular flexibility index (Phi) is 3.69. The number of nitrogens with one attached hydrogen (secondary N) is 1. The van der Waals surface area contributed by atoms with Crippen molar-refractivity contribution >= 4 is 11.9 Å². The van der Waals surface area contributed by atoms with Gasteiger partial charge in [0.05, 0.1) is 0 Å². The summed E-state index contributed by atoms with van der Waals surface area (Å²) in [5.74, 6) is 0.776. The van der Waals surface area contributed by atoms with E-state index in [9.17, 15) is 0 Å². The highest BCUT2D eigenvalue weighted by Gasteiger charge is 2.24. The molecule has 3 heteroatoms. The molecule has 0 aliphatic carbocycles. The van der Waals surface area contributed by atoms with Gasteiger partial charge in [-0.25, -0.2) is 4.31 Å². The summed E-state index contributed by atoms with van der Waals surface area (Å²) in [6, 6.07) is 0.754. The van der Waals surface area contributed by atoms with Gasteiger partial charge >= 0.3 is 0 Å². The van der Waals surface area contributed by atoms with Crippen molar-refractivity contribution in [2.45, 2.75) is 19.9 Å². The van der Waals surface area contributed by atoms with E-state index in [1.165, 1.54) is 13.1 Å². The van der Waals surface area contributed by atoms with Crippen molar-refractivity contribution in [2.75, 3.05) is 25.9 Å². The molecule has 0 spiro atoms. The van der Waals surface area contributed by atoms with Crippen LogP contribution in [0.3, 0.4) is 0 Å². The third-order valence-corrected chi connectivity index (χ3v) is 2.74. The van der Waals surface area contributed by atoms with Crippen LogP contribution in [0.25, 0.3) is 0 Å². The molecule has 2 nitrogen and oxygen atoms in total. The van der Waals surface area contributed by atoms with Gasteiger partial charge in [0.25, 0.3) is 0 Å². The van der Waals surface area contributed by atoms with Gasteiger partial charge in [-0.3, -0.25) is 0 Å². The van der Waals surface area contributed by atoms with Crippen LogP contribution in [0.4, 0.5) is 0 Å². The van der Waals surface area contributed by atoms with E-state index >= 15 is 0 Å². The van der Waals surface area contributed by atoms with E-state index < -0.39 is 0 Å². The predicted molar refractivity (Wildman–Crippen MR) is 51.7 cm³/mol. The number of nitrogens with zero attached hydrogens (tertiary/aromatic N) is 1. The van der Waals surface area contributed by atoms with Crippen molar-refractivity contribution in [3.63, 3.8) is 0 Å². The van der Waals surface area contributed by atoms with E-state index in [-0.39, 0.29) is 0 Å². The number of hydrogen-bond acceptors (Lipinski definition) is 3. The first-order valence-corrected chi connectivity index (χ1v) is 5.43. The van der Waals surface area contributed by atoms with Gasteiger partial charge < -0.3 is 5.32 Å². The average molecular weight is 174 g/mol. The maximum Gasteiger partial charge on any atom is 0.0341 e. The summed E-state index contributed by atoms with van der Waals surface area (Å²) >= 11 is 1.84. The van der Waals surface area contributed by atoms with Crippen LogP contribution in [0.15, 0.2) is 0 Å². The van der Waals surface area contributed by atoms with Crippen LogP contribution < -0.4 is 5.32 Å². The molecule has 1 saturated heterocycles. The van der Waals surface area contributed by atoms with Gasteiger partial charge in [0.2, 0.25) is 0 Å². The zero-order valence-electron chi connectivity index (χ0n) is 7.63. The molecule has 0 unspecified atom stereocenters. The third-order valence-electron chi connectivity index (χ3n) is 1.92. The highest BCUT2D eigenvalue weighted by atomic mass is 32.2. The molecule has 0 aromatic carbocycles. The van der Waals surface area contributed by atoms with Crippen molar-refractivity contribution in [2.24, 2.45) is 5.92 Å². The maximum absolute atomic E-state index is 3.53. The molecule has 0 radical (unpaired) electrons. The minimum Gasteiger partial charge on any atom is -0.311 e. The molecule has 1 aliphatic heterocycles. The van der Waals surface area contributed by atoms with E-state index in [0.717, 1.165) is 18.5 Å². The van der Waals surface area contributed by atoms with Gasteiger partial charge in [0.1, 0.15) is 0 Å². The summed E-state index contributed by atoms with van der Waals surface area (Å²) in [5.41, 5.74) is 0. The van der Waals surface area contributed by atoms with Crippen LogP contribution in [0.5, 0.6) is 0 Å². The van der Waals surface area contributed by atoms with Gasteiger partial charge in [-0.1, -0.05) is 25.8 Å². The number of hydrogen-bond donors (Lipinski definition) is 1. The Hall–Kier alpha value is 0.270. The van der Waals surface area contributed by atoms with E-state index in [4.69, 9.17) is 0 Å². The second-order valence-corrected chi connectivity index (χ2v) is 4.41. The molecular formula is C8H18N2S. The molecule has 1 heterocycles. The van der Waals surface area contributed by atoms with Crippen molar-refractivity contribution in [3.8, 4) is 0 Å². The molecule has 0 aromatic rings. The zero-order valence-corrected chi connectivity index (χ0v) is 8.45. The highest BCUT2D eigenvalue weighted by molar-refractivity contribution is 7.96. The Balaban J connectivity index is 1.96. The molecule has 1 fully saturated rings. The molecule has 1 aliphatic rings. The largest absolute Gasteiger partial charge is 0.311 e. The molecule has 1 rings (SSSR count). The summed E-state index contributed by atoms with van der Waals surface area (Å²) in [6.07, 6.45) is 2.14. The summed E-state index contributed by atoms with van der Waals surface area (Å²) < 4.78 is 2.37. The molecule has 0 atom stereocenters. The van der Waals surface area contributed by atoms with Crippen LogP contribution in [0.1, 0.15) is 13.8 Å². The van der Waals surface area contributed by atoms with Crippen molar-refractivity contribution < 1.29 is 0 Å². The molecule has 0 saturated carbocycles. The Morgan fingerprint density at radius 2 is 2.18 bits per heavy atom. The van der Waals surface area contributed by atoms with Crippen LogP contribution in [-0.4, -0.2) is 36.2 Å². The lowest BCUT2D eigenvalue weighted by Crippen LogP contribution is -2.55. The molecule has 66 valence electrons. The second kappa shape index (κ2) is 4.33. The van der Waals surface area contributed by atoms with Crippen LogP contribution in [0, 0.1) is 5.92 Å². The molecular weight excluding hydrogens is 156 g/mol. The number of rotatable bonds is 4. The average Bonchev–Trinajstić information content (AvgIpc) is 1.84. The first-order valence-electron chi connectivity index (χ1n) is 4.24. The maximum atomic E-state index is 3.53. The lowest BCUT2D eigenvalue weighted by Gasteiger charge is -2.38. The molecule has 0 amide bonds. The van der Waals surface area contributed by atoms with E-state index in [2.05, 4.69) is 29.7 Å². The van der Waals surface area contributed by atoms with Crippen molar-refractivity contribution in [1.29, 1.82) is 0 Å². The van der Waals surface area contributed by atoms with E-state index in [0.29, 0.717) is 0 Å². The van der Waals surface area contributed by atoms with Crippen LogP contribution >= 0.6 is 11.9 Å². The Morgan fingerprint density at radius 1 is 1.55 bits per heavy atom. The lowest BCUT2D eigenvalue weighted by molar-refractivity contribution is 0.241. The summed E-state index contributed by atoms with van der Waals surface area (Å²) in [4.78, 5) is 0. The summed E-state index contributed by atoms with van der Waals surface area (Å²) in [5, 5.41) is 3.53. The summed E-state index contributed by atoms with van der Waals surface area (Å²) in [7, 11) is 0. The van der Waals surface area contributed by atoms with Crippen LogP contribution in [-0.2, 0) is 0 Å². The lowest BCUT2D eigenvalue weighted by atomic mass is 10.1. The van der Waals surface area contributed by atoms with E-state index in [1.54, 1.807) is 0 Å². The predicted octanol–water partition coefficient (Wildman–Crippen LogP) is 1.19. The molecule has 11 heavy (non-hydrogen) atoms. The Labute approximate surface area is 73.9 Å². The Morgan fingerprint density at radius 3 is 2.64 bits per heavy atom. The topological polar surface area (TPSA) is 15.3 Å². The first-order chi connectivity index (χ1) is 5.22. The Bertz CT molecular complexity index is 111. The summed E-state index contributed by atoms with van der Waals surface area (Å²) in [6.45, 7) is 8.09. The van der Waals surface area contributed by atoms with Crippen LogP contribution in [0.2, 0.25) is 0 Å². The standard InChI is InChI=1S/C8H18N2S/c1-7(2)4-9-8-5-10(6-8)11-3/h7-9H,4-6H2,1-3H3. The van der Waals surface area contributed by atoms with Gasteiger partial charge in [-0.2, -0.15) is 0 Å². The van der Waals surface area contributed by atoms with E-state index in [1.807, 2.05) is 11.9 Å². The smallest absolute Gasteiger partial charge is 0.0341 e. The monoisotopic (exact) mass is 174 g/mol. The van der Waals surface area contributed by atoms with Gasteiger partial charge in [-0.05, 0) is 18.7 Å². The van der Waals surface area contributed by atoms with Crippen molar-refractivity contribution in [3.05, 3.63) is 0 Å². The fourth-order valence-electron chi connectivity index (χ4n) is 1.12. The fraction of sp³-hybridized carbons (Fsp3) is 1.00. The first kappa shape index (κ1) is 9.36. The SMILES string of the molecule is CSN1CC(NCC(C)C)C1. The zero-order chi connectivity index (χ0) is 8.27. The third kappa shape index (κ3) is 3.01. The van der Waals surface area contributed by atoms with Crippen molar-refractivity contribution in [1.82, 2.24) is 9.62 Å². The fourth-order valence-corrected chi connectivity index (χ4v) is 1.78. The quantitative estimate of drug-likeness (QED) is 0.645. The normalized spacial score (nSPS) is 20.7. The van der Waals surface area contributed by atoms with Gasteiger partial charge in [0, 0.05) is 19.1 Å². The molecule has 1 N–H and O–H groups in total.